The molecule has 0 saturated heterocycles. The van der Waals surface area contributed by atoms with Crippen LogP contribution in [0, 0.1) is 24.2 Å². The van der Waals surface area contributed by atoms with E-state index in [1.54, 1.807) is 25.6 Å². The number of halogens is 1. The third-order valence-electron chi connectivity index (χ3n) is 2.39. The predicted molar refractivity (Wildman–Crippen MR) is 62.4 cm³/mol. The van der Waals surface area contributed by atoms with E-state index in [0.29, 0.717) is 16.4 Å². The highest BCUT2D eigenvalue weighted by atomic mass is 35.5. The van der Waals surface area contributed by atoms with Crippen molar-refractivity contribution in [3.05, 3.63) is 16.4 Å². The van der Waals surface area contributed by atoms with Crippen LogP contribution in [0.15, 0.2) is 0 Å². The molecule has 5 nitrogen and oxygen atoms in total. The van der Waals surface area contributed by atoms with Crippen LogP contribution in [-0.4, -0.2) is 22.4 Å². The van der Waals surface area contributed by atoms with Gasteiger partial charge >= 0.3 is 5.97 Å². The fourth-order valence-corrected chi connectivity index (χ4v) is 1.76. The Labute approximate surface area is 105 Å². The second kappa shape index (κ2) is 5.69. The lowest BCUT2D eigenvalue weighted by molar-refractivity contribution is -0.146. The molecule has 0 radical (unpaired) electrons. The van der Waals surface area contributed by atoms with Gasteiger partial charge in [-0.25, -0.2) is 0 Å². The van der Waals surface area contributed by atoms with E-state index in [0.717, 1.165) is 0 Å². The maximum absolute atomic E-state index is 11.5. The molecular formula is C11H14ClN3O2. The van der Waals surface area contributed by atoms with Crippen LogP contribution in [0.2, 0.25) is 5.02 Å². The number of carbonyl (C=O) groups is 1. The average Bonchev–Trinajstić information content (AvgIpc) is 2.51. The highest BCUT2D eigenvalue weighted by Gasteiger charge is 2.23. The van der Waals surface area contributed by atoms with Gasteiger partial charge in [0.25, 0.3) is 0 Å². The number of ether oxygens (including phenoxy) is 1. The number of hydrogen-bond donors (Lipinski definition) is 0. The summed E-state index contributed by atoms with van der Waals surface area (Å²) in [6.45, 7) is 3.74. The average molecular weight is 256 g/mol. The molecule has 0 aliphatic rings. The van der Waals surface area contributed by atoms with E-state index in [4.69, 9.17) is 21.6 Å². The largest absolute Gasteiger partial charge is 0.465 e. The minimum absolute atomic E-state index is 0.214. The van der Waals surface area contributed by atoms with Crippen LogP contribution in [-0.2, 0) is 23.0 Å². The normalized spacial score (nSPS) is 11.9. The van der Waals surface area contributed by atoms with E-state index < -0.39 is 11.9 Å². The maximum atomic E-state index is 11.5. The molecule has 0 aliphatic heterocycles. The van der Waals surface area contributed by atoms with Gasteiger partial charge in [-0.05, 0) is 13.8 Å². The highest BCUT2D eigenvalue weighted by molar-refractivity contribution is 6.31. The quantitative estimate of drug-likeness (QED) is 0.767. The van der Waals surface area contributed by atoms with Crippen LogP contribution in [0.4, 0.5) is 0 Å². The molecule has 0 saturated carbocycles. The van der Waals surface area contributed by atoms with Gasteiger partial charge in [0.2, 0.25) is 0 Å². The van der Waals surface area contributed by atoms with Crippen LogP contribution < -0.4 is 0 Å². The van der Waals surface area contributed by atoms with E-state index in [2.05, 4.69) is 5.10 Å². The van der Waals surface area contributed by atoms with Gasteiger partial charge in [-0.15, -0.1) is 0 Å². The van der Waals surface area contributed by atoms with Gasteiger partial charge in [-0.3, -0.25) is 9.48 Å². The topological polar surface area (TPSA) is 67.9 Å². The Morgan fingerprint density at radius 3 is 2.76 bits per heavy atom. The summed E-state index contributed by atoms with van der Waals surface area (Å²) in [6.07, 6.45) is 0.214. The Kier molecular flexibility index (Phi) is 4.53. The molecule has 1 aromatic heterocycles. The molecule has 0 aromatic carbocycles. The van der Waals surface area contributed by atoms with Crippen molar-refractivity contribution in [3.8, 4) is 6.07 Å². The van der Waals surface area contributed by atoms with Gasteiger partial charge in [0.1, 0.15) is 5.92 Å². The third-order valence-corrected chi connectivity index (χ3v) is 2.88. The number of aromatic nitrogens is 2. The molecule has 1 unspecified atom stereocenters. The summed E-state index contributed by atoms with van der Waals surface area (Å²) in [5, 5.41) is 13.6. The second-order valence-electron chi connectivity index (χ2n) is 3.61. The monoisotopic (exact) mass is 255 g/mol. The van der Waals surface area contributed by atoms with Gasteiger partial charge in [0, 0.05) is 13.5 Å². The first-order valence-corrected chi connectivity index (χ1v) is 5.63. The Morgan fingerprint density at radius 1 is 1.71 bits per heavy atom. The van der Waals surface area contributed by atoms with Crippen molar-refractivity contribution in [3.63, 3.8) is 0 Å². The van der Waals surface area contributed by atoms with Crippen LogP contribution in [0.3, 0.4) is 0 Å². The van der Waals surface area contributed by atoms with Crippen molar-refractivity contribution in [2.24, 2.45) is 13.0 Å². The Hall–Kier alpha value is -1.54. The zero-order chi connectivity index (χ0) is 13.0. The van der Waals surface area contributed by atoms with Gasteiger partial charge in [-0.2, -0.15) is 10.4 Å². The van der Waals surface area contributed by atoms with Crippen molar-refractivity contribution in [2.45, 2.75) is 20.3 Å². The molecule has 1 heterocycles. The van der Waals surface area contributed by atoms with Crippen molar-refractivity contribution in [2.75, 3.05) is 6.61 Å². The summed E-state index contributed by atoms with van der Waals surface area (Å²) < 4.78 is 6.40. The van der Waals surface area contributed by atoms with Gasteiger partial charge in [0.05, 0.1) is 29.1 Å². The van der Waals surface area contributed by atoms with Crippen molar-refractivity contribution < 1.29 is 9.53 Å². The van der Waals surface area contributed by atoms with Gasteiger partial charge < -0.3 is 4.74 Å². The van der Waals surface area contributed by atoms with E-state index in [1.165, 1.54) is 0 Å². The molecule has 1 atom stereocenters. The minimum atomic E-state index is -0.845. The summed E-state index contributed by atoms with van der Waals surface area (Å²) in [6, 6.07) is 1.92. The Bertz CT molecular complexity index is 462. The molecule has 0 N–H and O–H groups in total. The molecule has 92 valence electrons. The van der Waals surface area contributed by atoms with E-state index >= 15 is 0 Å². The molecule has 1 aromatic rings. The van der Waals surface area contributed by atoms with Crippen LogP contribution >= 0.6 is 11.6 Å². The van der Waals surface area contributed by atoms with Gasteiger partial charge in [-0.1, -0.05) is 11.6 Å². The Balaban J connectivity index is 2.89. The summed E-state index contributed by atoms with van der Waals surface area (Å²) in [5.41, 5.74) is 1.36. The first kappa shape index (κ1) is 13.5. The summed E-state index contributed by atoms with van der Waals surface area (Å²) in [7, 11) is 1.73. The number of esters is 1. The van der Waals surface area contributed by atoms with Gasteiger partial charge in [0.15, 0.2) is 0 Å². The van der Waals surface area contributed by atoms with Crippen molar-refractivity contribution >= 4 is 17.6 Å². The zero-order valence-corrected chi connectivity index (χ0v) is 10.8. The SMILES string of the molecule is CCOC(=O)C(C#N)Cc1c(Cl)c(C)nn1C. The minimum Gasteiger partial charge on any atom is -0.465 e. The smallest absolute Gasteiger partial charge is 0.323 e. The second-order valence-corrected chi connectivity index (χ2v) is 3.99. The number of rotatable bonds is 4. The molecule has 17 heavy (non-hydrogen) atoms. The van der Waals surface area contributed by atoms with Crippen LogP contribution in [0.25, 0.3) is 0 Å². The number of hydrogen-bond acceptors (Lipinski definition) is 4. The van der Waals surface area contributed by atoms with Crippen molar-refractivity contribution in [1.29, 1.82) is 5.26 Å². The number of nitrogens with zero attached hydrogens (tertiary/aromatic N) is 3. The fraction of sp³-hybridized carbons (Fsp3) is 0.545. The first-order chi connectivity index (χ1) is 8.01. The molecule has 6 heteroatoms. The standard InChI is InChI=1S/C11H14ClN3O2/c1-4-17-11(16)8(6-13)5-9-10(12)7(2)14-15(9)3/h8H,4-5H2,1-3H3. The summed E-state index contributed by atoms with van der Waals surface area (Å²) >= 11 is 6.05. The van der Waals surface area contributed by atoms with E-state index in [1.807, 2.05) is 6.07 Å². The lowest BCUT2D eigenvalue weighted by Gasteiger charge is -2.08. The van der Waals surface area contributed by atoms with Crippen molar-refractivity contribution in [1.82, 2.24) is 9.78 Å². The molecular weight excluding hydrogens is 242 g/mol. The first-order valence-electron chi connectivity index (χ1n) is 5.25. The van der Waals surface area contributed by atoms with Crippen LogP contribution in [0.5, 0.6) is 0 Å². The predicted octanol–water partition coefficient (Wildman–Crippen LogP) is 1.63. The molecule has 0 amide bonds. The molecule has 0 spiro atoms. The lowest BCUT2D eigenvalue weighted by atomic mass is 10.1. The lowest BCUT2D eigenvalue weighted by Crippen LogP contribution is -2.19. The maximum Gasteiger partial charge on any atom is 0.323 e. The van der Waals surface area contributed by atoms with E-state index in [9.17, 15) is 4.79 Å². The summed E-state index contributed by atoms with van der Waals surface area (Å²) in [5.74, 6) is -1.37. The third kappa shape index (κ3) is 2.98. The Morgan fingerprint density at radius 2 is 2.35 bits per heavy atom. The molecule has 0 aliphatic carbocycles. The number of carbonyl (C=O) groups excluding carboxylic acids is 1. The molecule has 1 rings (SSSR count). The highest BCUT2D eigenvalue weighted by Crippen LogP contribution is 2.22. The molecule has 0 bridgehead atoms. The summed E-state index contributed by atoms with van der Waals surface area (Å²) in [4.78, 5) is 11.5. The van der Waals surface area contributed by atoms with Crippen LogP contribution in [0.1, 0.15) is 18.3 Å². The zero-order valence-electron chi connectivity index (χ0n) is 10.0. The number of aryl methyl sites for hydroxylation is 2. The molecule has 0 fully saturated rings. The fourth-order valence-electron chi connectivity index (χ4n) is 1.52. The van der Waals surface area contributed by atoms with E-state index in [-0.39, 0.29) is 13.0 Å². The number of nitriles is 1.